The molecule has 1 aliphatic heterocycles. The average Bonchev–Trinajstić information content (AvgIpc) is 3.59. The van der Waals surface area contributed by atoms with Crippen LogP contribution in [0.1, 0.15) is 33.2 Å². The minimum atomic E-state index is -0.114. The Morgan fingerprint density at radius 3 is 2.34 bits per heavy atom. The summed E-state index contributed by atoms with van der Waals surface area (Å²) in [5.41, 5.74) is 6.06. The molecule has 0 radical (unpaired) electrons. The van der Waals surface area contributed by atoms with E-state index in [0.29, 0.717) is 38.4 Å². The summed E-state index contributed by atoms with van der Waals surface area (Å²) in [6.45, 7) is 2.81. The molecule has 0 saturated carbocycles. The van der Waals surface area contributed by atoms with Crippen LogP contribution < -0.4 is 0 Å². The Hall–Kier alpha value is -4.27. The van der Waals surface area contributed by atoms with Gasteiger partial charge in [-0.15, -0.1) is 5.10 Å². The number of hydrogen-bond donors (Lipinski definition) is 0. The van der Waals surface area contributed by atoms with E-state index >= 15 is 0 Å². The van der Waals surface area contributed by atoms with Crippen molar-refractivity contribution in [3.05, 3.63) is 130 Å². The van der Waals surface area contributed by atoms with E-state index in [2.05, 4.69) is 85.4 Å². The normalized spacial score (nSPS) is 15.5. The summed E-state index contributed by atoms with van der Waals surface area (Å²) >= 11 is 3.54. The highest BCUT2D eigenvalue weighted by molar-refractivity contribution is 9.10. The maximum absolute atomic E-state index is 13.5. The van der Waals surface area contributed by atoms with Crippen LogP contribution in [0.25, 0.3) is 21.8 Å². The van der Waals surface area contributed by atoms with Crippen LogP contribution in [0.4, 0.5) is 0 Å². The van der Waals surface area contributed by atoms with Crippen molar-refractivity contribution in [3.8, 4) is 0 Å². The van der Waals surface area contributed by atoms with Gasteiger partial charge in [0.25, 0.3) is 5.91 Å². The van der Waals surface area contributed by atoms with Gasteiger partial charge < -0.3 is 14.2 Å². The van der Waals surface area contributed by atoms with Crippen molar-refractivity contribution in [1.29, 1.82) is 0 Å². The van der Waals surface area contributed by atoms with Crippen molar-refractivity contribution in [3.63, 3.8) is 0 Å². The SMILES string of the molecule is O=C(c1ccc(Cn2cc(Cn3c4ccccc4c4ccccc43)nn2)cc1)N1CCOCC1c1cccc(Br)c1. The molecule has 1 amide bonds. The van der Waals surface area contributed by atoms with Gasteiger partial charge >= 0.3 is 0 Å². The minimum absolute atomic E-state index is 0.0130. The second-order valence-electron chi connectivity index (χ2n) is 10.4. The maximum Gasteiger partial charge on any atom is 0.254 e. The molecule has 0 spiro atoms. The first kappa shape index (κ1) is 25.7. The van der Waals surface area contributed by atoms with Crippen LogP contribution in [0, 0.1) is 0 Å². The molecular formula is C33H28BrN5O2. The van der Waals surface area contributed by atoms with Crippen molar-refractivity contribution in [2.24, 2.45) is 0 Å². The fraction of sp³-hybridized carbons (Fsp3) is 0.182. The first-order chi connectivity index (χ1) is 20.1. The smallest absolute Gasteiger partial charge is 0.254 e. The number of carbonyl (C=O) groups excluding carboxylic acids is 1. The number of nitrogens with zero attached hydrogens (tertiary/aromatic N) is 5. The number of halogens is 1. The van der Waals surface area contributed by atoms with E-state index < -0.39 is 0 Å². The van der Waals surface area contributed by atoms with E-state index in [1.54, 1.807) is 0 Å². The van der Waals surface area contributed by atoms with Crippen molar-refractivity contribution in [2.45, 2.75) is 19.1 Å². The summed E-state index contributed by atoms with van der Waals surface area (Å²) in [4.78, 5) is 15.4. The number of rotatable bonds is 6. The van der Waals surface area contributed by atoms with Gasteiger partial charge in [0.1, 0.15) is 5.69 Å². The van der Waals surface area contributed by atoms with Crippen LogP contribution in [0.5, 0.6) is 0 Å². The first-order valence-corrected chi connectivity index (χ1v) is 14.5. The Bertz CT molecular complexity index is 1810. The fourth-order valence-electron chi connectivity index (χ4n) is 5.77. The van der Waals surface area contributed by atoms with E-state index in [1.807, 2.05) is 58.2 Å². The average molecular weight is 607 g/mol. The zero-order chi connectivity index (χ0) is 27.8. The first-order valence-electron chi connectivity index (χ1n) is 13.7. The van der Waals surface area contributed by atoms with Crippen LogP contribution >= 0.6 is 15.9 Å². The Morgan fingerprint density at radius 1 is 0.878 bits per heavy atom. The molecule has 204 valence electrons. The molecule has 2 aromatic heterocycles. The van der Waals surface area contributed by atoms with Gasteiger partial charge in [0.15, 0.2) is 0 Å². The van der Waals surface area contributed by atoms with Crippen LogP contribution in [0.2, 0.25) is 0 Å². The lowest BCUT2D eigenvalue weighted by atomic mass is 10.0. The molecular weight excluding hydrogens is 578 g/mol. The van der Waals surface area contributed by atoms with Crippen LogP contribution in [-0.4, -0.2) is 50.1 Å². The molecule has 7 rings (SSSR count). The van der Waals surface area contributed by atoms with Crippen LogP contribution in [0.15, 0.2) is 108 Å². The third kappa shape index (κ3) is 5.05. The van der Waals surface area contributed by atoms with E-state index in [4.69, 9.17) is 4.74 Å². The van der Waals surface area contributed by atoms with Gasteiger partial charge in [-0.25, -0.2) is 4.68 Å². The number of ether oxygens (including phenoxy) is 1. The minimum Gasteiger partial charge on any atom is -0.377 e. The largest absolute Gasteiger partial charge is 0.377 e. The summed E-state index contributed by atoms with van der Waals surface area (Å²) in [5, 5.41) is 11.3. The molecule has 6 aromatic rings. The van der Waals surface area contributed by atoms with E-state index in [-0.39, 0.29) is 11.9 Å². The molecule has 0 bridgehead atoms. The molecule has 0 aliphatic carbocycles. The Kier molecular flexibility index (Phi) is 6.86. The molecule has 1 unspecified atom stereocenters. The molecule has 8 heteroatoms. The van der Waals surface area contributed by atoms with Gasteiger partial charge in [-0.3, -0.25) is 4.79 Å². The highest BCUT2D eigenvalue weighted by Crippen LogP contribution is 2.30. The van der Waals surface area contributed by atoms with Crippen molar-refractivity contribution in [2.75, 3.05) is 19.8 Å². The number of carbonyl (C=O) groups is 1. The standard InChI is InChI=1S/C33H28BrN5O2/c34-26-7-5-6-25(18-26)32-22-41-17-16-38(32)33(40)24-14-12-23(13-15-24)19-37-20-27(35-36-37)21-39-30-10-3-1-8-28(30)29-9-2-4-11-31(29)39/h1-15,18,20,32H,16-17,19,21-22H2. The second-order valence-corrected chi connectivity index (χ2v) is 11.3. The highest BCUT2D eigenvalue weighted by Gasteiger charge is 2.29. The Balaban J connectivity index is 1.07. The predicted octanol–water partition coefficient (Wildman–Crippen LogP) is 6.46. The summed E-state index contributed by atoms with van der Waals surface area (Å²) in [6.07, 6.45) is 2.00. The molecule has 0 N–H and O–H groups in total. The lowest BCUT2D eigenvalue weighted by Crippen LogP contribution is -2.43. The number of morpholine rings is 1. The number of benzene rings is 4. The number of amides is 1. The van der Waals surface area contributed by atoms with Gasteiger partial charge in [-0.05, 0) is 47.5 Å². The monoisotopic (exact) mass is 605 g/mol. The molecule has 7 nitrogen and oxygen atoms in total. The third-order valence-corrected chi connectivity index (χ3v) is 8.25. The van der Waals surface area contributed by atoms with Gasteiger partial charge in [0.2, 0.25) is 0 Å². The predicted molar refractivity (Wildman–Crippen MR) is 163 cm³/mol. The van der Waals surface area contributed by atoms with Gasteiger partial charge in [-0.1, -0.05) is 81.8 Å². The molecule has 1 fully saturated rings. The van der Waals surface area contributed by atoms with Crippen molar-refractivity contribution in [1.82, 2.24) is 24.5 Å². The molecule has 1 aliphatic rings. The lowest BCUT2D eigenvalue weighted by molar-refractivity contribution is -0.00271. The quantitative estimate of drug-likeness (QED) is 0.218. The summed E-state index contributed by atoms with van der Waals surface area (Å²) in [7, 11) is 0. The molecule has 1 saturated heterocycles. The van der Waals surface area contributed by atoms with E-state index in [9.17, 15) is 4.79 Å². The van der Waals surface area contributed by atoms with Gasteiger partial charge in [-0.2, -0.15) is 0 Å². The van der Waals surface area contributed by atoms with Gasteiger partial charge in [0, 0.05) is 38.4 Å². The Labute approximate surface area is 246 Å². The zero-order valence-electron chi connectivity index (χ0n) is 22.4. The van der Waals surface area contributed by atoms with Crippen LogP contribution in [0.3, 0.4) is 0 Å². The van der Waals surface area contributed by atoms with Crippen LogP contribution in [-0.2, 0) is 17.8 Å². The second kappa shape index (κ2) is 11.0. The molecule has 4 aromatic carbocycles. The van der Waals surface area contributed by atoms with Crippen molar-refractivity contribution >= 4 is 43.6 Å². The number of para-hydroxylation sites is 2. The number of fused-ring (bicyclic) bond motifs is 3. The summed E-state index contributed by atoms with van der Waals surface area (Å²) < 4.78 is 10.9. The Morgan fingerprint density at radius 2 is 1.61 bits per heavy atom. The fourth-order valence-corrected chi connectivity index (χ4v) is 6.18. The lowest BCUT2D eigenvalue weighted by Gasteiger charge is -2.36. The topological polar surface area (TPSA) is 65.2 Å². The summed E-state index contributed by atoms with van der Waals surface area (Å²) in [6, 6.07) is 32.7. The summed E-state index contributed by atoms with van der Waals surface area (Å²) in [5.74, 6) is 0.0130. The zero-order valence-corrected chi connectivity index (χ0v) is 23.9. The van der Waals surface area contributed by atoms with E-state index in [0.717, 1.165) is 21.3 Å². The highest BCUT2D eigenvalue weighted by atomic mass is 79.9. The van der Waals surface area contributed by atoms with E-state index in [1.165, 1.54) is 21.8 Å². The third-order valence-electron chi connectivity index (χ3n) is 7.75. The maximum atomic E-state index is 13.5. The number of aromatic nitrogens is 4. The van der Waals surface area contributed by atoms with Gasteiger partial charge in [0.05, 0.1) is 38.5 Å². The number of hydrogen-bond acceptors (Lipinski definition) is 4. The molecule has 1 atom stereocenters. The molecule has 41 heavy (non-hydrogen) atoms. The molecule has 3 heterocycles. The van der Waals surface area contributed by atoms with Crippen molar-refractivity contribution < 1.29 is 9.53 Å².